The van der Waals surface area contributed by atoms with Gasteiger partial charge in [0.1, 0.15) is 0 Å². The second kappa shape index (κ2) is 8.23. The third-order valence-electron chi connectivity index (χ3n) is 5.27. The molecule has 0 spiro atoms. The molecule has 4 atom stereocenters. The fourth-order valence-corrected chi connectivity index (χ4v) is 4.23. The Morgan fingerprint density at radius 3 is 2.22 bits per heavy atom. The fraction of sp³-hybridized carbons (Fsp3) is 1.00. The van der Waals surface area contributed by atoms with E-state index in [1.807, 2.05) is 0 Å². The van der Waals surface area contributed by atoms with Crippen molar-refractivity contribution < 1.29 is 0 Å². The number of hydrogen-bond acceptors (Lipinski definition) is 0. The molecule has 1 fully saturated rings. The second-order valence-corrected chi connectivity index (χ2v) is 7.18. The minimum absolute atomic E-state index is 0.892. The first-order valence-corrected chi connectivity index (χ1v) is 8.60. The molecular formula is C18H36. The van der Waals surface area contributed by atoms with Crippen molar-refractivity contribution >= 4 is 0 Å². The van der Waals surface area contributed by atoms with Crippen LogP contribution in [-0.4, -0.2) is 0 Å². The third kappa shape index (κ3) is 4.59. The Morgan fingerprint density at radius 2 is 1.67 bits per heavy atom. The summed E-state index contributed by atoms with van der Waals surface area (Å²) in [6.07, 6.45) is 11.6. The molecule has 1 rings (SSSR count). The van der Waals surface area contributed by atoms with Crippen molar-refractivity contribution in [3.63, 3.8) is 0 Å². The molecule has 0 radical (unpaired) electrons. The van der Waals surface area contributed by atoms with Gasteiger partial charge in [-0.1, -0.05) is 73.1 Å². The summed E-state index contributed by atoms with van der Waals surface area (Å²) in [4.78, 5) is 0. The fourth-order valence-electron chi connectivity index (χ4n) is 4.23. The summed E-state index contributed by atoms with van der Waals surface area (Å²) in [7, 11) is 0. The SMILES string of the molecule is CCCCC(CCC)C1CC(C)CCC1C(C)C. The molecule has 0 aliphatic heterocycles. The van der Waals surface area contributed by atoms with Gasteiger partial charge in [0.15, 0.2) is 0 Å². The van der Waals surface area contributed by atoms with Gasteiger partial charge in [0, 0.05) is 0 Å². The Hall–Kier alpha value is 0. The van der Waals surface area contributed by atoms with E-state index in [1.54, 1.807) is 0 Å². The van der Waals surface area contributed by atoms with Crippen molar-refractivity contribution in [1.29, 1.82) is 0 Å². The van der Waals surface area contributed by atoms with Gasteiger partial charge in [-0.15, -0.1) is 0 Å². The normalized spacial score (nSPS) is 30.7. The topological polar surface area (TPSA) is 0 Å². The highest BCUT2D eigenvalue weighted by Gasteiger charge is 2.34. The largest absolute Gasteiger partial charge is 0.0654 e. The summed E-state index contributed by atoms with van der Waals surface area (Å²) in [6, 6.07) is 0. The minimum Gasteiger partial charge on any atom is -0.0654 e. The van der Waals surface area contributed by atoms with Crippen molar-refractivity contribution in [3.8, 4) is 0 Å². The van der Waals surface area contributed by atoms with Crippen LogP contribution < -0.4 is 0 Å². The molecule has 0 heteroatoms. The first kappa shape index (κ1) is 16.1. The van der Waals surface area contributed by atoms with E-state index in [-0.39, 0.29) is 0 Å². The molecule has 1 aliphatic carbocycles. The van der Waals surface area contributed by atoms with Crippen LogP contribution in [0.1, 0.15) is 86.0 Å². The first-order chi connectivity index (χ1) is 8.60. The average molecular weight is 252 g/mol. The van der Waals surface area contributed by atoms with Crippen LogP contribution in [0.15, 0.2) is 0 Å². The third-order valence-corrected chi connectivity index (χ3v) is 5.27. The summed E-state index contributed by atoms with van der Waals surface area (Å²) in [5, 5.41) is 0. The first-order valence-electron chi connectivity index (χ1n) is 8.60. The van der Waals surface area contributed by atoms with Crippen molar-refractivity contribution in [1.82, 2.24) is 0 Å². The molecule has 0 heterocycles. The lowest BCUT2D eigenvalue weighted by Crippen LogP contribution is -2.33. The highest BCUT2D eigenvalue weighted by atomic mass is 14.4. The van der Waals surface area contributed by atoms with Crippen LogP contribution in [0, 0.1) is 29.6 Å². The molecule has 108 valence electrons. The van der Waals surface area contributed by atoms with Crippen molar-refractivity contribution in [3.05, 3.63) is 0 Å². The van der Waals surface area contributed by atoms with Crippen LogP contribution in [-0.2, 0) is 0 Å². The second-order valence-electron chi connectivity index (χ2n) is 7.18. The van der Waals surface area contributed by atoms with Crippen molar-refractivity contribution in [2.24, 2.45) is 29.6 Å². The van der Waals surface area contributed by atoms with Gasteiger partial charge < -0.3 is 0 Å². The highest BCUT2D eigenvalue weighted by Crippen LogP contribution is 2.44. The molecular weight excluding hydrogens is 216 g/mol. The van der Waals surface area contributed by atoms with Crippen LogP contribution in [0.2, 0.25) is 0 Å². The van der Waals surface area contributed by atoms with Gasteiger partial charge >= 0.3 is 0 Å². The standard InChI is InChI=1S/C18H36/c1-6-8-10-16(9-7-2)18-13-15(5)11-12-17(18)14(3)4/h14-18H,6-13H2,1-5H3. The van der Waals surface area contributed by atoms with E-state index in [4.69, 9.17) is 0 Å². The van der Waals surface area contributed by atoms with E-state index in [0.29, 0.717) is 0 Å². The average Bonchev–Trinajstić information content (AvgIpc) is 2.34. The van der Waals surface area contributed by atoms with E-state index in [2.05, 4.69) is 34.6 Å². The quantitative estimate of drug-likeness (QED) is 0.498. The van der Waals surface area contributed by atoms with E-state index in [9.17, 15) is 0 Å². The van der Waals surface area contributed by atoms with Crippen LogP contribution in [0.5, 0.6) is 0 Å². The molecule has 0 aromatic rings. The van der Waals surface area contributed by atoms with E-state index >= 15 is 0 Å². The molecule has 0 bridgehead atoms. The number of rotatable bonds is 7. The van der Waals surface area contributed by atoms with Gasteiger partial charge in [-0.05, 0) is 42.4 Å². The van der Waals surface area contributed by atoms with Gasteiger partial charge in [-0.2, -0.15) is 0 Å². The molecule has 0 saturated heterocycles. The Labute approximate surface area is 116 Å². The van der Waals surface area contributed by atoms with Gasteiger partial charge in [0.2, 0.25) is 0 Å². The predicted molar refractivity (Wildman–Crippen MR) is 82.8 cm³/mol. The molecule has 1 aliphatic rings. The van der Waals surface area contributed by atoms with Crippen LogP contribution in [0.25, 0.3) is 0 Å². The zero-order valence-corrected chi connectivity index (χ0v) is 13.5. The van der Waals surface area contributed by atoms with Gasteiger partial charge in [-0.3, -0.25) is 0 Å². The van der Waals surface area contributed by atoms with Crippen LogP contribution in [0.3, 0.4) is 0 Å². The summed E-state index contributed by atoms with van der Waals surface area (Å²) >= 11 is 0. The molecule has 0 nitrogen and oxygen atoms in total. The monoisotopic (exact) mass is 252 g/mol. The molecule has 0 aromatic carbocycles. The predicted octanol–water partition coefficient (Wildman–Crippen LogP) is 6.30. The lowest BCUT2D eigenvalue weighted by atomic mass is 9.64. The maximum absolute atomic E-state index is 2.48. The summed E-state index contributed by atoms with van der Waals surface area (Å²) in [5.41, 5.74) is 0. The molecule has 0 N–H and O–H groups in total. The molecule has 0 aromatic heterocycles. The maximum Gasteiger partial charge on any atom is -0.0352 e. The minimum atomic E-state index is 0.892. The number of unbranched alkanes of at least 4 members (excludes halogenated alkanes) is 1. The molecule has 1 saturated carbocycles. The zero-order valence-electron chi connectivity index (χ0n) is 13.5. The molecule has 4 unspecified atom stereocenters. The van der Waals surface area contributed by atoms with Gasteiger partial charge in [0.05, 0.1) is 0 Å². The lowest BCUT2D eigenvalue weighted by Gasteiger charge is -2.42. The van der Waals surface area contributed by atoms with Gasteiger partial charge in [-0.25, -0.2) is 0 Å². The Morgan fingerprint density at radius 1 is 0.944 bits per heavy atom. The Balaban J connectivity index is 2.68. The zero-order chi connectivity index (χ0) is 13.5. The van der Waals surface area contributed by atoms with E-state index in [0.717, 1.165) is 29.6 Å². The van der Waals surface area contributed by atoms with Crippen LogP contribution in [0.4, 0.5) is 0 Å². The highest BCUT2D eigenvalue weighted by molar-refractivity contribution is 4.85. The van der Waals surface area contributed by atoms with E-state index in [1.165, 1.54) is 51.4 Å². The summed E-state index contributed by atoms with van der Waals surface area (Å²) < 4.78 is 0. The molecule has 0 amide bonds. The van der Waals surface area contributed by atoms with Crippen molar-refractivity contribution in [2.45, 2.75) is 86.0 Å². The maximum atomic E-state index is 2.48. The van der Waals surface area contributed by atoms with Gasteiger partial charge in [0.25, 0.3) is 0 Å². The van der Waals surface area contributed by atoms with Crippen LogP contribution >= 0.6 is 0 Å². The lowest BCUT2D eigenvalue weighted by molar-refractivity contribution is 0.0816. The van der Waals surface area contributed by atoms with E-state index < -0.39 is 0 Å². The Bertz CT molecular complexity index is 206. The summed E-state index contributed by atoms with van der Waals surface area (Å²) in [5.74, 6) is 4.93. The number of hydrogen-bond donors (Lipinski definition) is 0. The Kier molecular flexibility index (Phi) is 7.34. The smallest absolute Gasteiger partial charge is 0.0352 e. The van der Waals surface area contributed by atoms with Crippen molar-refractivity contribution in [2.75, 3.05) is 0 Å². The molecule has 18 heavy (non-hydrogen) atoms. The summed E-state index contributed by atoms with van der Waals surface area (Å²) in [6.45, 7) is 12.1.